The maximum absolute atomic E-state index is 9.99. The third kappa shape index (κ3) is 5.28. The van der Waals surface area contributed by atoms with Crippen molar-refractivity contribution in [1.29, 1.82) is 0 Å². The summed E-state index contributed by atoms with van der Waals surface area (Å²) in [6.45, 7) is 4.32. The lowest BCUT2D eigenvalue weighted by Gasteiger charge is -2.26. The van der Waals surface area contributed by atoms with Gasteiger partial charge in [-0.15, -0.1) is 0 Å². The Kier molecular flexibility index (Phi) is 7.31. The summed E-state index contributed by atoms with van der Waals surface area (Å²) in [4.78, 5) is 9.99. The molecule has 0 amide bonds. The van der Waals surface area contributed by atoms with E-state index in [-0.39, 0.29) is 24.3 Å². The molecule has 9 heteroatoms. The van der Waals surface area contributed by atoms with E-state index in [2.05, 4.69) is 0 Å². The molecule has 0 bridgehead atoms. The van der Waals surface area contributed by atoms with Crippen molar-refractivity contribution in [3.63, 3.8) is 0 Å². The van der Waals surface area contributed by atoms with Crippen LogP contribution in [-0.4, -0.2) is 63.1 Å². The van der Waals surface area contributed by atoms with Gasteiger partial charge in [-0.2, -0.15) is 0 Å². The topological polar surface area (TPSA) is 57.2 Å². The average molecular weight is 328 g/mol. The van der Waals surface area contributed by atoms with Gasteiger partial charge in [0.1, 0.15) is 26.2 Å². The number of ether oxygens (including phenoxy) is 3. The Morgan fingerprint density at radius 1 is 1.47 bits per heavy atom. The molecule has 1 rings (SSSR count). The molecule has 0 radical (unpaired) electrons. The monoisotopic (exact) mass is 328 g/mol. The fourth-order valence-electron chi connectivity index (χ4n) is 1.98. The van der Waals surface area contributed by atoms with Crippen LogP contribution >= 0.6 is 17.1 Å². The summed E-state index contributed by atoms with van der Waals surface area (Å²) in [5.41, 5.74) is -2.85. The van der Waals surface area contributed by atoms with Crippen molar-refractivity contribution >= 4 is 36.7 Å². The second kappa shape index (κ2) is 7.75. The van der Waals surface area contributed by atoms with Gasteiger partial charge in [-0.05, 0) is 31.9 Å². The Bertz CT molecular complexity index is 333. The molecule has 1 saturated heterocycles. The molecular weight excluding hydrogens is 306 g/mol. The number of rotatable bonds is 7. The maximum Gasteiger partial charge on any atom is 0.244 e. The van der Waals surface area contributed by atoms with Gasteiger partial charge < -0.3 is 23.6 Å². The molecule has 0 saturated carbocycles. The fraction of sp³-hybridized carbons (Fsp3) is 1.00. The van der Waals surface area contributed by atoms with Gasteiger partial charge in [0.25, 0.3) is 0 Å². The Balaban J connectivity index is 2.75. The minimum absolute atomic E-state index is 0.110. The van der Waals surface area contributed by atoms with Crippen LogP contribution in [0.3, 0.4) is 0 Å². The van der Waals surface area contributed by atoms with Gasteiger partial charge in [0.15, 0.2) is 0 Å². The predicted octanol–water partition coefficient (Wildman–Crippen LogP) is 0.749. The van der Waals surface area contributed by atoms with Crippen LogP contribution in [0.15, 0.2) is 0 Å². The van der Waals surface area contributed by atoms with Crippen LogP contribution in [0.5, 0.6) is 0 Å². The van der Waals surface area contributed by atoms with Crippen LogP contribution < -0.4 is 0 Å². The Morgan fingerprint density at radius 3 is 2.58 bits per heavy atom. The van der Waals surface area contributed by atoms with Gasteiger partial charge >= 0.3 is 0 Å². The highest BCUT2D eigenvalue weighted by Gasteiger charge is 2.45. The summed E-state index contributed by atoms with van der Waals surface area (Å²) in [6, 6.07) is -0.118. The van der Waals surface area contributed by atoms with E-state index in [1.54, 1.807) is 13.4 Å². The molecule has 1 heterocycles. The molecule has 1 N–H and O–H groups in total. The van der Waals surface area contributed by atoms with Crippen molar-refractivity contribution in [3.8, 4) is 0 Å². The molecule has 0 aliphatic carbocycles. The normalized spacial score (nSPS) is 34.6. The predicted molar refractivity (Wildman–Crippen MR) is 84.0 cm³/mol. The quantitative estimate of drug-likeness (QED) is 0.547. The van der Waals surface area contributed by atoms with Crippen molar-refractivity contribution in [2.75, 3.05) is 20.0 Å². The third-order valence-electron chi connectivity index (χ3n) is 2.89. The smallest absolute Gasteiger partial charge is 0.244 e. The van der Waals surface area contributed by atoms with Crippen molar-refractivity contribution in [2.24, 2.45) is 0 Å². The maximum atomic E-state index is 9.99. The molecule has 5 nitrogen and oxygen atoms in total. The Hall–Kier alpha value is 0.865. The van der Waals surface area contributed by atoms with E-state index in [0.29, 0.717) is 6.61 Å². The molecule has 0 aromatic heterocycles. The molecule has 19 heavy (non-hydrogen) atoms. The highest BCUT2D eigenvalue weighted by Crippen LogP contribution is 2.56. The molecule has 5 atom stereocenters. The van der Waals surface area contributed by atoms with E-state index in [1.807, 2.05) is 21.7 Å². The number of hydrogen-bond donors (Lipinski definition) is 1. The van der Waals surface area contributed by atoms with Crippen molar-refractivity contribution in [1.82, 2.24) is 0 Å². The van der Waals surface area contributed by atoms with Gasteiger partial charge in [-0.1, -0.05) is 11.4 Å². The highest BCUT2D eigenvalue weighted by atomic mass is 32.9. The second-order valence-electron chi connectivity index (χ2n) is 4.68. The molecule has 0 aromatic rings. The summed E-state index contributed by atoms with van der Waals surface area (Å²) < 4.78 is 22.5. The van der Waals surface area contributed by atoms with E-state index in [1.165, 1.54) is 0 Å². The van der Waals surface area contributed by atoms with Crippen molar-refractivity contribution in [3.05, 3.63) is 0 Å². The average Bonchev–Trinajstić information content (AvgIpc) is 2.62. The molecule has 0 aromatic carbocycles. The van der Waals surface area contributed by atoms with E-state index < -0.39 is 11.8 Å². The van der Waals surface area contributed by atoms with Gasteiger partial charge in [-0.3, -0.25) is 0 Å². The molecule has 1 aliphatic heterocycles. The van der Waals surface area contributed by atoms with E-state index in [9.17, 15) is 4.89 Å². The van der Waals surface area contributed by atoms with E-state index in [4.69, 9.17) is 30.5 Å². The van der Waals surface area contributed by atoms with Gasteiger partial charge in [0.05, 0.1) is 18.7 Å². The molecule has 112 valence electrons. The molecule has 0 spiro atoms. The van der Waals surface area contributed by atoms with Crippen LogP contribution in [0.1, 0.15) is 13.8 Å². The van der Waals surface area contributed by atoms with Crippen LogP contribution in [0.25, 0.3) is 0 Å². The fourth-order valence-corrected chi connectivity index (χ4v) is 3.49. The second-order valence-corrected chi connectivity index (χ2v) is 11.0. The standard InChI is InChI=1S/C10H22BO5PS2/c1-6(2)14-5-7-8(16-17(12,18)19-4)9(13-3)10(11)15-7/h6-10H,5,11H2,1-4H3,(H,12,18)/t7-,8-,9-,10-,17?/m1/s1. The van der Waals surface area contributed by atoms with Gasteiger partial charge in [-0.25, -0.2) is 0 Å². The van der Waals surface area contributed by atoms with Crippen molar-refractivity contribution < 1.29 is 23.6 Å². The van der Waals surface area contributed by atoms with Gasteiger partial charge in [0.2, 0.25) is 5.69 Å². The zero-order chi connectivity index (χ0) is 14.6. The molecule has 1 fully saturated rings. The summed E-state index contributed by atoms with van der Waals surface area (Å²) in [5, 5.41) is 0. The minimum atomic E-state index is -2.85. The zero-order valence-corrected chi connectivity index (χ0v) is 14.5. The molecule has 1 unspecified atom stereocenters. The zero-order valence-electron chi connectivity index (χ0n) is 11.9. The number of methoxy groups -OCH3 is 1. The molecule has 1 aliphatic rings. The van der Waals surface area contributed by atoms with Crippen LogP contribution in [-0.2, 0) is 30.5 Å². The summed E-state index contributed by atoms with van der Waals surface area (Å²) in [7, 11) is 3.52. The lowest BCUT2D eigenvalue weighted by atomic mass is 9.93. The van der Waals surface area contributed by atoms with Crippen molar-refractivity contribution in [2.45, 2.75) is 44.3 Å². The summed E-state index contributed by atoms with van der Waals surface area (Å²) >= 11 is 6.23. The van der Waals surface area contributed by atoms with E-state index >= 15 is 0 Å². The first kappa shape index (κ1) is 17.9. The first-order valence-electron chi connectivity index (χ1n) is 6.17. The number of hydrogen-bond acceptors (Lipinski definition) is 6. The van der Waals surface area contributed by atoms with Crippen LogP contribution in [0, 0.1) is 0 Å². The first-order valence-corrected chi connectivity index (χ1v) is 10.7. The first-order chi connectivity index (χ1) is 8.80. The SMILES string of the molecule is B[C@@H]1O[C@H](COC(C)C)[C@@H](OP(O)(=S)SC)[C@H]1OC. The Labute approximate surface area is 125 Å². The van der Waals surface area contributed by atoms with E-state index in [0.717, 1.165) is 11.4 Å². The third-order valence-corrected chi connectivity index (χ3v) is 7.11. The summed E-state index contributed by atoms with van der Waals surface area (Å²) in [6.07, 6.45) is 0.925. The highest BCUT2D eigenvalue weighted by molar-refractivity contribution is 8.67. The van der Waals surface area contributed by atoms with Crippen LogP contribution in [0.4, 0.5) is 0 Å². The Morgan fingerprint density at radius 2 is 2.11 bits per heavy atom. The summed E-state index contributed by atoms with van der Waals surface area (Å²) in [5.74, 6) is 0. The largest absolute Gasteiger partial charge is 0.377 e. The minimum Gasteiger partial charge on any atom is -0.377 e. The molecular formula is C10H22BO5PS2. The van der Waals surface area contributed by atoms with Crippen LogP contribution in [0.2, 0.25) is 0 Å². The lowest BCUT2D eigenvalue weighted by molar-refractivity contribution is -0.0423. The van der Waals surface area contributed by atoms with Gasteiger partial charge in [0, 0.05) is 7.11 Å². The lowest BCUT2D eigenvalue weighted by Crippen LogP contribution is -2.38.